The molecular formula is C19H27N3O4S. The molecule has 2 heterocycles. The van der Waals surface area contributed by atoms with Gasteiger partial charge in [0.15, 0.2) is 5.76 Å². The molecule has 1 N–H and O–H groups in total. The summed E-state index contributed by atoms with van der Waals surface area (Å²) in [5.41, 5.74) is 2.15. The van der Waals surface area contributed by atoms with Crippen molar-refractivity contribution in [3.05, 3.63) is 35.5 Å². The molecule has 27 heavy (non-hydrogen) atoms. The van der Waals surface area contributed by atoms with Crippen molar-refractivity contribution in [3.63, 3.8) is 0 Å². The van der Waals surface area contributed by atoms with Gasteiger partial charge in [0.1, 0.15) is 0 Å². The lowest BCUT2D eigenvalue weighted by atomic mass is 10.1. The van der Waals surface area contributed by atoms with E-state index in [2.05, 4.69) is 14.8 Å². The summed E-state index contributed by atoms with van der Waals surface area (Å²) in [6.07, 6.45) is 0.719. The number of rotatable bonds is 7. The van der Waals surface area contributed by atoms with Crippen molar-refractivity contribution in [2.45, 2.75) is 38.1 Å². The molecule has 1 aliphatic rings. The van der Waals surface area contributed by atoms with Gasteiger partial charge < -0.3 is 9.26 Å². The Morgan fingerprint density at radius 2 is 1.96 bits per heavy atom. The van der Waals surface area contributed by atoms with E-state index in [0.717, 1.165) is 25.2 Å². The molecule has 8 heteroatoms. The third kappa shape index (κ3) is 4.95. The van der Waals surface area contributed by atoms with E-state index in [-0.39, 0.29) is 10.9 Å². The average molecular weight is 394 g/mol. The number of hydrogen-bond donors (Lipinski definition) is 1. The van der Waals surface area contributed by atoms with Gasteiger partial charge in [0.05, 0.1) is 23.8 Å². The summed E-state index contributed by atoms with van der Waals surface area (Å²) in [5.74, 6) is 0.560. The Balaban J connectivity index is 1.80. The zero-order valence-electron chi connectivity index (χ0n) is 16.1. The van der Waals surface area contributed by atoms with Gasteiger partial charge in [-0.25, -0.2) is 13.1 Å². The van der Waals surface area contributed by atoms with Crippen molar-refractivity contribution < 1.29 is 17.7 Å². The maximum absolute atomic E-state index is 13.1. The maximum atomic E-state index is 13.1. The Labute approximate surface area is 160 Å². The van der Waals surface area contributed by atoms with E-state index in [1.54, 1.807) is 25.1 Å². The minimum absolute atomic E-state index is 0.149. The molecule has 1 aromatic heterocycles. The summed E-state index contributed by atoms with van der Waals surface area (Å²) in [5, 5.41) is 3.88. The number of aryl methyl sites for hydroxylation is 2. The Morgan fingerprint density at radius 1 is 1.22 bits per heavy atom. The van der Waals surface area contributed by atoms with Crippen LogP contribution in [-0.4, -0.2) is 57.4 Å². The first-order chi connectivity index (χ1) is 12.9. The van der Waals surface area contributed by atoms with Gasteiger partial charge >= 0.3 is 0 Å². The Hall–Kier alpha value is -1.74. The van der Waals surface area contributed by atoms with Crippen LogP contribution in [0.25, 0.3) is 11.3 Å². The number of nitrogens with one attached hydrogen (secondary N) is 1. The van der Waals surface area contributed by atoms with Gasteiger partial charge in [-0.1, -0.05) is 24.2 Å². The van der Waals surface area contributed by atoms with Crippen LogP contribution in [0.2, 0.25) is 0 Å². The number of benzene rings is 1. The molecular weight excluding hydrogens is 366 g/mol. The van der Waals surface area contributed by atoms with Gasteiger partial charge in [0.2, 0.25) is 10.0 Å². The molecule has 3 rings (SSSR count). The van der Waals surface area contributed by atoms with Crippen LogP contribution in [0.15, 0.2) is 33.7 Å². The van der Waals surface area contributed by atoms with Crippen LogP contribution < -0.4 is 4.72 Å². The van der Waals surface area contributed by atoms with Crippen LogP contribution in [0.4, 0.5) is 0 Å². The average Bonchev–Trinajstić information content (AvgIpc) is 3.08. The third-order valence-corrected chi connectivity index (χ3v) is 6.45. The zero-order chi connectivity index (χ0) is 19.4. The molecule has 0 aliphatic carbocycles. The first-order valence-electron chi connectivity index (χ1n) is 9.26. The molecule has 0 spiro atoms. The normalized spacial score (nSPS) is 17.1. The molecule has 1 aromatic carbocycles. The van der Waals surface area contributed by atoms with Gasteiger partial charge in [-0.2, -0.15) is 0 Å². The van der Waals surface area contributed by atoms with Crippen LogP contribution in [-0.2, 0) is 14.8 Å². The number of ether oxygens (including phenoxy) is 1. The molecule has 1 unspecified atom stereocenters. The van der Waals surface area contributed by atoms with E-state index in [9.17, 15) is 8.42 Å². The van der Waals surface area contributed by atoms with Crippen molar-refractivity contribution in [1.82, 2.24) is 14.8 Å². The third-order valence-electron chi connectivity index (χ3n) is 4.79. The summed E-state index contributed by atoms with van der Waals surface area (Å²) in [6.45, 7) is 9.36. The fraction of sp³-hybridized carbons (Fsp3) is 0.526. The fourth-order valence-corrected chi connectivity index (χ4v) is 4.75. The summed E-state index contributed by atoms with van der Waals surface area (Å²) in [6, 6.07) is 6.94. The molecule has 1 saturated heterocycles. The second-order valence-electron chi connectivity index (χ2n) is 6.95. The van der Waals surface area contributed by atoms with Crippen LogP contribution in [0.1, 0.15) is 24.6 Å². The van der Waals surface area contributed by atoms with E-state index >= 15 is 0 Å². The molecule has 2 aromatic rings. The summed E-state index contributed by atoms with van der Waals surface area (Å²) < 4.78 is 39.6. The minimum atomic E-state index is -3.65. The summed E-state index contributed by atoms with van der Waals surface area (Å²) in [7, 11) is -3.65. The lowest BCUT2D eigenvalue weighted by Gasteiger charge is -2.30. The van der Waals surface area contributed by atoms with Crippen LogP contribution >= 0.6 is 0 Å². The monoisotopic (exact) mass is 393 g/mol. The minimum Gasteiger partial charge on any atom is -0.379 e. The van der Waals surface area contributed by atoms with Crippen molar-refractivity contribution in [2.24, 2.45) is 0 Å². The largest absolute Gasteiger partial charge is 0.379 e. The van der Waals surface area contributed by atoms with Crippen LogP contribution in [0, 0.1) is 13.8 Å². The van der Waals surface area contributed by atoms with Crippen LogP contribution in [0.3, 0.4) is 0 Å². The number of sulfonamides is 1. The molecule has 0 bridgehead atoms. The highest BCUT2D eigenvalue weighted by molar-refractivity contribution is 7.89. The molecule has 0 amide bonds. The SMILES string of the molecule is CCC(CN1CCOCC1)NS(=O)(=O)c1cc(-c2cc(C)no2)ccc1C. The van der Waals surface area contributed by atoms with Gasteiger partial charge in [0, 0.05) is 37.3 Å². The Bertz CT molecular complexity index is 873. The number of nitrogens with zero attached hydrogens (tertiary/aromatic N) is 2. The predicted octanol–water partition coefficient (Wildman–Crippen LogP) is 2.35. The van der Waals surface area contributed by atoms with E-state index in [1.165, 1.54) is 0 Å². The molecule has 148 valence electrons. The van der Waals surface area contributed by atoms with Crippen molar-refractivity contribution in [3.8, 4) is 11.3 Å². The number of aromatic nitrogens is 1. The fourth-order valence-electron chi connectivity index (χ4n) is 3.17. The predicted molar refractivity (Wildman–Crippen MR) is 103 cm³/mol. The Morgan fingerprint density at radius 3 is 2.59 bits per heavy atom. The topological polar surface area (TPSA) is 84.7 Å². The van der Waals surface area contributed by atoms with Crippen molar-refractivity contribution in [2.75, 3.05) is 32.8 Å². The first-order valence-corrected chi connectivity index (χ1v) is 10.7. The van der Waals surface area contributed by atoms with E-state index in [1.807, 2.05) is 19.9 Å². The first kappa shape index (κ1) is 20.0. The van der Waals surface area contributed by atoms with Gasteiger partial charge in [0.25, 0.3) is 0 Å². The molecule has 1 fully saturated rings. The molecule has 1 aliphatic heterocycles. The quantitative estimate of drug-likeness (QED) is 0.777. The molecule has 1 atom stereocenters. The smallest absolute Gasteiger partial charge is 0.241 e. The maximum Gasteiger partial charge on any atom is 0.241 e. The van der Waals surface area contributed by atoms with Crippen molar-refractivity contribution >= 4 is 10.0 Å². The molecule has 0 saturated carbocycles. The van der Waals surface area contributed by atoms with E-state index in [4.69, 9.17) is 9.26 Å². The second kappa shape index (κ2) is 8.52. The van der Waals surface area contributed by atoms with Crippen molar-refractivity contribution in [1.29, 1.82) is 0 Å². The van der Waals surface area contributed by atoms with Gasteiger partial charge in [-0.3, -0.25) is 4.90 Å². The summed E-state index contributed by atoms with van der Waals surface area (Å²) in [4.78, 5) is 2.51. The van der Waals surface area contributed by atoms with E-state index < -0.39 is 10.0 Å². The zero-order valence-corrected chi connectivity index (χ0v) is 16.9. The standard InChI is InChI=1S/C19H27N3O4S/c1-4-17(13-22-7-9-25-10-8-22)21-27(23,24)19-12-16(6-5-14(19)2)18-11-15(3)20-26-18/h5-6,11-12,17,21H,4,7-10,13H2,1-3H3. The lowest BCUT2D eigenvalue weighted by Crippen LogP contribution is -2.47. The highest BCUT2D eigenvalue weighted by atomic mass is 32.2. The van der Waals surface area contributed by atoms with Crippen LogP contribution in [0.5, 0.6) is 0 Å². The van der Waals surface area contributed by atoms with Gasteiger partial charge in [-0.05, 0) is 31.9 Å². The molecule has 7 nitrogen and oxygen atoms in total. The number of morpholine rings is 1. The second-order valence-corrected chi connectivity index (χ2v) is 8.63. The molecule has 0 radical (unpaired) electrons. The Kier molecular flexibility index (Phi) is 6.31. The lowest BCUT2D eigenvalue weighted by molar-refractivity contribution is 0.0344. The number of hydrogen-bond acceptors (Lipinski definition) is 6. The van der Waals surface area contributed by atoms with E-state index in [0.29, 0.717) is 36.6 Å². The summed E-state index contributed by atoms with van der Waals surface area (Å²) >= 11 is 0. The highest BCUT2D eigenvalue weighted by Crippen LogP contribution is 2.26. The highest BCUT2D eigenvalue weighted by Gasteiger charge is 2.24. The van der Waals surface area contributed by atoms with Gasteiger partial charge in [-0.15, -0.1) is 0 Å².